The number of benzene rings is 1. The fourth-order valence-corrected chi connectivity index (χ4v) is 2.46. The standard InChI is InChI=1S/C16H25N3O4S/c1-11-12(15(21)19-16(2,3)4)7-6-8-13(11)18-14(20)9-10-17-24(5,22)23/h6-8,17H,9-10H2,1-5H3,(H,18,20)(H,19,21). The lowest BCUT2D eigenvalue weighted by Gasteiger charge is -2.21. The summed E-state index contributed by atoms with van der Waals surface area (Å²) in [7, 11) is -3.32. The third-order valence-corrected chi connectivity index (χ3v) is 3.79. The van der Waals surface area contributed by atoms with Gasteiger partial charge in [-0.2, -0.15) is 0 Å². The Morgan fingerprint density at radius 1 is 1.17 bits per heavy atom. The molecule has 134 valence electrons. The van der Waals surface area contributed by atoms with Crippen LogP contribution in [-0.4, -0.2) is 38.6 Å². The van der Waals surface area contributed by atoms with Gasteiger partial charge in [0, 0.05) is 29.8 Å². The summed E-state index contributed by atoms with van der Waals surface area (Å²) in [6, 6.07) is 5.08. The molecule has 0 spiro atoms. The predicted octanol–water partition coefficient (Wildman–Crippen LogP) is 1.40. The quantitative estimate of drug-likeness (QED) is 0.717. The van der Waals surface area contributed by atoms with E-state index in [1.807, 2.05) is 20.8 Å². The fraction of sp³-hybridized carbons (Fsp3) is 0.500. The maximum atomic E-state index is 12.3. The predicted molar refractivity (Wildman–Crippen MR) is 94.5 cm³/mol. The molecule has 0 radical (unpaired) electrons. The lowest BCUT2D eigenvalue weighted by Crippen LogP contribution is -2.40. The van der Waals surface area contributed by atoms with Crippen LogP contribution >= 0.6 is 0 Å². The molecule has 0 aromatic heterocycles. The minimum Gasteiger partial charge on any atom is -0.347 e. The number of carbonyl (C=O) groups excluding carboxylic acids is 2. The molecule has 0 fully saturated rings. The summed E-state index contributed by atoms with van der Waals surface area (Å²) < 4.78 is 24.2. The van der Waals surface area contributed by atoms with E-state index in [0.717, 1.165) is 6.26 Å². The highest BCUT2D eigenvalue weighted by molar-refractivity contribution is 7.88. The molecule has 8 heteroatoms. The van der Waals surface area contributed by atoms with Crippen LogP contribution < -0.4 is 15.4 Å². The van der Waals surface area contributed by atoms with E-state index < -0.39 is 10.0 Å². The normalized spacial score (nSPS) is 11.9. The summed E-state index contributed by atoms with van der Waals surface area (Å²) in [5, 5.41) is 5.58. The van der Waals surface area contributed by atoms with Gasteiger partial charge in [0.25, 0.3) is 5.91 Å². The number of hydrogen-bond acceptors (Lipinski definition) is 4. The van der Waals surface area contributed by atoms with Crippen LogP contribution in [0.1, 0.15) is 43.1 Å². The fourth-order valence-electron chi connectivity index (χ4n) is 1.99. The molecular weight excluding hydrogens is 330 g/mol. The number of hydrogen-bond donors (Lipinski definition) is 3. The molecule has 0 aliphatic rings. The molecule has 0 saturated carbocycles. The van der Waals surface area contributed by atoms with Gasteiger partial charge in [-0.15, -0.1) is 0 Å². The number of anilines is 1. The monoisotopic (exact) mass is 355 g/mol. The van der Waals surface area contributed by atoms with Crippen LogP contribution in [0.4, 0.5) is 5.69 Å². The highest BCUT2D eigenvalue weighted by Gasteiger charge is 2.18. The van der Waals surface area contributed by atoms with E-state index >= 15 is 0 Å². The van der Waals surface area contributed by atoms with Crippen LogP contribution in [0, 0.1) is 6.92 Å². The number of amides is 2. The molecule has 0 unspecified atom stereocenters. The number of sulfonamides is 1. The molecule has 0 aliphatic heterocycles. The smallest absolute Gasteiger partial charge is 0.252 e. The van der Waals surface area contributed by atoms with E-state index in [4.69, 9.17) is 0 Å². The van der Waals surface area contributed by atoms with Crippen LogP contribution in [0.5, 0.6) is 0 Å². The molecule has 0 bridgehead atoms. The average molecular weight is 355 g/mol. The highest BCUT2D eigenvalue weighted by atomic mass is 32.2. The summed E-state index contributed by atoms with van der Waals surface area (Å²) >= 11 is 0. The molecule has 0 atom stereocenters. The van der Waals surface area contributed by atoms with E-state index in [1.165, 1.54) is 0 Å². The Morgan fingerprint density at radius 2 is 1.79 bits per heavy atom. The Morgan fingerprint density at radius 3 is 2.33 bits per heavy atom. The van der Waals surface area contributed by atoms with Crippen LogP contribution in [0.2, 0.25) is 0 Å². The van der Waals surface area contributed by atoms with Gasteiger partial charge in [0.05, 0.1) is 6.26 Å². The minimum absolute atomic E-state index is 0.00489. The summed E-state index contributed by atoms with van der Waals surface area (Å²) in [6.45, 7) is 7.44. The van der Waals surface area contributed by atoms with Crippen molar-refractivity contribution < 1.29 is 18.0 Å². The van der Waals surface area contributed by atoms with Gasteiger partial charge in [-0.3, -0.25) is 9.59 Å². The second-order valence-corrected chi connectivity index (χ2v) is 8.48. The summed E-state index contributed by atoms with van der Waals surface area (Å²) in [6.07, 6.45) is 1.04. The van der Waals surface area contributed by atoms with E-state index in [0.29, 0.717) is 16.8 Å². The third-order valence-electron chi connectivity index (χ3n) is 3.06. The zero-order valence-corrected chi connectivity index (χ0v) is 15.5. The van der Waals surface area contributed by atoms with E-state index in [2.05, 4.69) is 15.4 Å². The summed E-state index contributed by atoms with van der Waals surface area (Å²) in [5.74, 6) is -0.544. The molecule has 0 saturated heterocycles. The van der Waals surface area contributed by atoms with Gasteiger partial charge in [-0.25, -0.2) is 13.1 Å². The highest BCUT2D eigenvalue weighted by Crippen LogP contribution is 2.20. The molecular formula is C16H25N3O4S. The van der Waals surface area contributed by atoms with Crippen LogP contribution in [0.15, 0.2) is 18.2 Å². The van der Waals surface area contributed by atoms with Crippen LogP contribution in [0.25, 0.3) is 0 Å². The zero-order chi connectivity index (χ0) is 18.5. The largest absolute Gasteiger partial charge is 0.347 e. The van der Waals surface area contributed by atoms with Gasteiger partial charge in [-0.05, 0) is 45.4 Å². The van der Waals surface area contributed by atoms with Crippen LogP contribution in [-0.2, 0) is 14.8 Å². The Hall–Kier alpha value is -1.93. The van der Waals surface area contributed by atoms with E-state index in [-0.39, 0.29) is 30.3 Å². The lowest BCUT2D eigenvalue weighted by atomic mass is 10.0. The van der Waals surface area contributed by atoms with Crippen molar-refractivity contribution in [1.82, 2.24) is 10.0 Å². The maximum Gasteiger partial charge on any atom is 0.252 e. The first-order valence-corrected chi connectivity index (χ1v) is 9.45. The summed E-state index contributed by atoms with van der Waals surface area (Å²) in [4.78, 5) is 24.2. The van der Waals surface area contributed by atoms with Gasteiger partial charge < -0.3 is 10.6 Å². The van der Waals surface area contributed by atoms with Crippen molar-refractivity contribution >= 4 is 27.5 Å². The molecule has 3 N–H and O–H groups in total. The van der Waals surface area contributed by atoms with Crippen molar-refractivity contribution in [3.8, 4) is 0 Å². The van der Waals surface area contributed by atoms with Gasteiger partial charge >= 0.3 is 0 Å². The first kappa shape index (κ1) is 20.1. The van der Waals surface area contributed by atoms with Crippen molar-refractivity contribution in [2.45, 2.75) is 39.7 Å². The van der Waals surface area contributed by atoms with Crippen molar-refractivity contribution in [3.05, 3.63) is 29.3 Å². The molecule has 0 heterocycles. The second-order valence-electron chi connectivity index (χ2n) is 6.65. The van der Waals surface area contributed by atoms with Crippen molar-refractivity contribution in [3.63, 3.8) is 0 Å². The third kappa shape index (κ3) is 7.10. The minimum atomic E-state index is -3.32. The second kappa shape index (κ2) is 7.76. The lowest BCUT2D eigenvalue weighted by molar-refractivity contribution is -0.116. The summed E-state index contributed by atoms with van der Waals surface area (Å²) in [5.41, 5.74) is 1.31. The van der Waals surface area contributed by atoms with Crippen LogP contribution in [0.3, 0.4) is 0 Å². The van der Waals surface area contributed by atoms with E-state index in [9.17, 15) is 18.0 Å². The molecule has 0 aliphatic carbocycles. The molecule has 1 aromatic rings. The van der Waals surface area contributed by atoms with Crippen molar-refractivity contribution in [2.24, 2.45) is 0 Å². The molecule has 1 rings (SSSR count). The topological polar surface area (TPSA) is 104 Å². The molecule has 24 heavy (non-hydrogen) atoms. The number of nitrogens with one attached hydrogen (secondary N) is 3. The van der Waals surface area contributed by atoms with Crippen molar-refractivity contribution in [2.75, 3.05) is 18.1 Å². The molecule has 7 nitrogen and oxygen atoms in total. The van der Waals surface area contributed by atoms with Crippen molar-refractivity contribution in [1.29, 1.82) is 0 Å². The Kier molecular flexibility index (Phi) is 6.50. The Balaban J connectivity index is 2.78. The van der Waals surface area contributed by atoms with Gasteiger partial charge in [0.1, 0.15) is 0 Å². The SMILES string of the molecule is Cc1c(NC(=O)CCNS(C)(=O)=O)cccc1C(=O)NC(C)(C)C. The number of carbonyl (C=O) groups is 2. The van der Waals surface area contributed by atoms with E-state index in [1.54, 1.807) is 25.1 Å². The Labute approximate surface area is 143 Å². The zero-order valence-electron chi connectivity index (χ0n) is 14.7. The first-order chi connectivity index (χ1) is 10.9. The van der Waals surface area contributed by atoms with Gasteiger partial charge in [-0.1, -0.05) is 6.07 Å². The van der Waals surface area contributed by atoms with Gasteiger partial charge in [0.2, 0.25) is 15.9 Å². The molecule has 1 aromatic carbocycles. The van der Waals surface area contributed by atoms with Gasteiger partial charge in [0.15, 0.2) is 0 Å². The Bertz CT molecular complexity index is 721. The average Bonchev–Trinajstić information content (AvgIpc) is 2.37. The first-order valence-electron chi connectivity index (χ1n) is 7.56. The number of rotatable bonds is 6. The maximum absolute atomic E-state index is 12.3. The molecule has 2 amide bonds.